The average Bonchev–Trinajstić information content (AvgIpc) is 2.83. The molecule has 1 saturated carbocycles. The van der Waals surface area contributed by atoms with Crippen LogP contribution in [0, 0.1) is 5.92 Å². The summed E-state index contributed by atoms with van der Waals surface area (Å²) < 4.78 is 73.4. The van der Waals surface area contributed by atoms with Crippen molar-refractivity contribution in [2.45, 2.75) is 56.3 Å². The Bertz CT molecular complexity index is 1070. The van der Waals surface area contributed by atoms with Crippen molar-refractivity contribution in [2.24, 2.45) is 5.92 Å². The van der Waals surface area contributed by atoms with Crippen molar-refractivity contribution in [3.8, 4) is 0 Å². The Labute approximate surface area is 204 Å². The highest BCUT2D eigenvalue weighted by Gasteiger charge is 2.39. The van der Waals surface area contributed by atoms with Gasteiger partial charge in [-0.25, -0.2) is 18.1 Å². The lowest BCUT2D eigenvalue weighted by molar-refractivity contribution is -0.137. The van der Waals surface area contributed by atoms with E-state index in [2.05, 4.69) is 21.8 Å². The van der Waals surface area contributed by atoms with Crippen LogP contribution in [0.15, 0.2) is 48.7 Å². The third kappa shape index (κ3) is 6.95. The smallest absolute Gasteiger partial charge is 0.378 e. The van der Waals surface area contributed by atoms with Crippen LogP contribution in [0.3, 0.4) is 0 Å². The number of hydrogen-bond acceptors (Lipinski definition) is 5. The number of alkyl halides is 3. The Balaban J connectivity index is 1.41. The monoisotopic (exact) mass is 511 g/mol. The second-order valence-corrected chi connectivity index (χ2v) is 11.4. The first-order valence-electron chi connectivity index (χ1n) is 12.0. The molecule has 1 aliphatic heterocycles. The van der Waals surface area contributed by atoms with E-state index in [0.717, 1.165) is 38.0 Å². The second-order valence-electron chi connectivity index (χ2n) is 9.58. The molecule has 2 fully saturated rings. The Morgan fingerprint density at radius 3 is 2.43 bits per heavy atom. The molecule has 35 heavy (non-hydrogen) atoms. The highest BCUT2D eigenvalue weighted by molar-refractivity contribution is 7.88. The maximum atomic E-state index is 13.6. The molecule has 1 aromatic heterocycles. The standard InChI is InChI=1S/C25H32F3N3O3S/c1-35(32,33)30-23-13-15-31(24-22(25(26,27)28)8-5-14-29-24)16-20(23)17-34-21-11-9-19(10-12-21)18-6-3-2-4-7-18/h2-8,14,19-21,23,30H,9-13,15-17H2,1H3/t19-,20-,21+,23?/m0/s1. The zero-order valence-corrected chi connectivity index (χ0v) is 20.6. The predicted octanol–water partition coefficient (Wildman–Crippen LogP) is 4.59. The highest BCUT2D eigenvalue weighted by Crippen LogP contribution is 2.37. The Hall–Kier alpha value is -2.17. The van der Waals surface area contributed by atoms with Crippen molar-refractivity contribution >= 4 is 15.8 Å². The SMILES string of the molecule is CS(=O)(=O)NC1CCN(c2ncccc2C(F)(F)F)C[C@H]1CO[C@H]1CC[C@@H](c2ccccc2)CC1. The van der Waals surface area contributed by atoms with E-state index in [4.69, 9.17) is 4.74 Å². The van der Waals surface area contributed by atoms with Crippen LogP contribution < -0.4 is 9.62 Å². The van der Waals surface area contributed by atoms with Crippen LogP contribution in [0.2, 0.25) is 0 Å². The molecule has 0 spiro atoms. The predicted molar refractivity (Wildman–Crippen MR) is 129 cm³/mol. The molecule has 1 aromatic carbocycles. The molecule has 1 saturated heterocycles. The van der Waals surface area contributed by atoms with Gasteiger partial charge in [-0.3, -0.25) is 0 Å². The van der Waals surface area contributed by atoms with Gasteiger partial charge in [-0.05, 0) is 55.7 Å². The van der Waals surface area contributed by atoms with E-state index in [1.807, 2.05) is 18.2 Å². The Kier molecular flexibility index (Phi) is 8.02. The number of halogens is 3. The third-order valence-corrected chi connectivity index (χ3v) is 7.71. The van der Waals surface area contributed by atoms with Gasteiger partial charge in [0, 0.05) is 31.2 Å². The van der Waals surface area contributed by atoms with Crippen LogP contribution in [0.5, 0.6) is 0 Å². The van der Waals surface area contributed by atoms with Crippen molar-refractivity contribution in [3.05, 3.63) is 59.8 Å². The Morgan fingerprint density at radius 1 is 1.06 bits per heavy atom. The number of rotatable bonds is 7. The summed E-state index contributed by atoms with van der Waals surface area (Å²) in [7, 11) is -3.47. The highest BCUT2D eigenvalue weighted by atomic mass is 32.2. The van der Waals surface area contributed by atoms with Crippen molar-refractivity contribution in [3.63, 3.8) is 0 Å². The van der Waals surface area contributed by atoms with Gasteiger partial charge in [0.1, 0.15) is 5.82 Å². The Morgan fingerprint density at radius 2 is 1.77 bits per heavy atom. The summed E-state index contributed by atoms with van der Waals surface area (Å²) >= 11 is 0. The maximum Gasteiger partial charge on any atom is 0.419 e. The molecule has 1 aliphatic carbocycles. The van der Waals surface area contributed by atoms with Gasteiger partial charge in [0.05, 0.1) is 24.5 Å². The van der Waals surface area contributed by atoms with Gasteiger partial charge in [0.2, 0.25) is 10.0 Å². The van der Waals surface area contributed by atoms with Crippen LogP contribution in [-0.2, 0) is 20.9 Å². The molecule has 1 N–H and O–H groups in total. The minimum Gasteiger partial charge on any atom is -0.378 e. The summed E-state index contributed by atoms with van der Waals surface area (Å²) in [5.41, 5.74) is 0.551. The molecule has 4 rings (SSSR count). The minimum atomic E-state index is -4.52. The number of hydrogen-bond donors (Lipinski definition) is 1. The van der Waals surface area contributed by atoms with Crippen molar-refractivity contribution in [2.75, 3.05) is 30.9 Å². The fourth-order valence-corrected chi connectivity index (χ4v) is 6.10. The van der Waals surface area contributed by atoms with Gasteiger partial charge in [-0.1, -0.05) is 30.3 Å². The van der Waals surface area contributed by atoms with Crippen LogP contribution in [0.25, 0.3) is 0 Å². The average molecular weight is 512 g/mol. The van der Waals surface area contributed by atoms with Crippen LogP contribution in [0.1, 0.15) is 49.1 Å². The number of piperidine rings is 1. The number of pyridine rings is 1. The minimum absolute atomic E-state index is 0.0600. The van der Waals surface area contributed by atoms with Crippen molar-refractivity contribution < 1.29 is 26.3 Å². The van der Waals surface area contributed by atoms with Gasteiger partial charge in [-0.2, -0.15) is 13.2 Å². The van der Waals surface area contributed by atoms with E-state index >= 15 is 0 Å². The van der Waals surface area contributed by atoms with E-state index in [1.54, 1.807) is 4.90 Å². The molecular weight excluding hydrogens is 479 g/mol. The molecular formula is C25H32F3N3O3S. The van der Waals surface area contributed by atoms with Gasteiger partial charge in [-0.15, -0.1) is 0 Å². The number of nitrogens with one attached hydrogen (secondary N) is 1. The van der Waals surface area contributed by atoms with E-state index in [-0.39, 0.29) is 37.5 Å². The summed E-state index contributed by atoms with van der Waals surface area (Å²) in [6.07, 6.45) is 2.19. The number of nitrogens with zero attached hydrogens (tertiary/aromatic N) is 2. The first-order valence-corrected chi connectivity index (χ1v) is 13.9. The molecule has 192 valence electrons. The van der Waals surface area contributed by atoms with Gasteiger partial charge in [0.15, 0.2) is 0 Å². The topological polar surface area (TPSA) is 71.5 Å². The summed E-state index contributed by atoms with van der Waals surface area (Å²) in [5, 5.41) is 0. The number of benzene rings is 1. The van der Waals surface area contributed by atoms with Gasteiger partial charge in [0.25, 0.3) is 0 Å². The van der Waals surface area contributed by atoms with Crippen LogP contribution in [0.4, 0.5) is 19.0 Å². The largest absolute Gasteiger partial charge is 0.419 e. The van der Waals surface area contributed by atoms with Crippen molar-refractivity contribution in [1.82, 2.24) is 9.71 Å². The molecule has 6 nitrogen and oxygen atoms in total. The molecule has 0 bridgehead atoms. The van der Waals surface area contributed by atoms with Gasteiger partial charge < -0.3 is 9.64 Å². The molecule has 10 heteroatoms. The van der Waals surface area contributed by atoms with E-state index in [0.29, 0.717) is 12.3 Å². The van der Waals surface area contributed by atoms with E-state index in [9.17, 15) is 21.6 Å². The lowest BCUT2D eigenvalue weighted by atomic mass is 9.82. The number of anilines is 1. The maximum absolute atomic E-state index is 13.6. The van der Waals surface area contributed by atoms with E-state index < -0.39 is 27.8 Å². The fourth-order valence-electron chi connectivity index (χ4n) is 5.24. The first-order chi connectivity index (χ1) is 16.6. The third-order valence-electron chi connectivity index (χ3n) is 6.98. The summed E-state index contributed by atoms with van der Waals surface area (Å²) in [6, 6.07) is 12.3. The zero-order valence-electron chi connectivity index (χ0n) is 19.7. The quantitative estimate of drug-likeness (QED) is 0.589. The summed E-state index contributed by atoms with van der Waals surface area (Å²) in [6.45, 7) is 0.775. The first kappa shape index (κ1) is 25.9. The molecule has 2 aromatic rings. The lowest BCUT2D eigenvalue weighted by Gasteiger charge is -2.40. The number of ether oxygens (including phenoxy) is 1. The number of aromatic nitrogens is 1. The normalized spacial score (nSPS) is 26.0. The molecule has 0 radical (unpaired) electrons. The van der Waals surface area contributed by atoms with Crippen molar-refractivity contribution in [1.29, 1.82) is 0 Å². The fraction of sp³-hybridized carbons (Fsp3) is 0.560. The molecule has 2 heterocycles. The molecule has 0 amide bonds. The number of sulfonamides is 1. The second kappa shape index (κ2) is 10.8. The van der Waals surface area contributed by atoms with Gasteiger partial charge >= 0.3 is 6.18 Å². The van der Waals surface area contributed by atoms with Crippen LogP contribution in [-0.4, -0.2) is 51.5 Å². The molecule has 2 atom stereocenters. The zero-order chi connectivity index (χ0) is 25.1. The molecule has 1 unspecified atom stereocenters. The molecule has 2 aliphatic rings. The lowest BCUT2D eigenvalue weighted by Crippen LogP contribution is -2.53. The summed E-state index contributed by atoms with van der Waals surface area (Å²) in [5.74, 6) is 0.0883. The van der Waals surface area contributed by atoms with Crippen LogP contribution >= 0.6 is 0 Å². The van der Waals surface area contributed by atoms with E-state index in [1.165, 1.54) is 17.8 Å². The summed E-state index contributed by atoms with van der Waals surface area (Å²) in [4.78, 5) is 5.62.